The average molecular weight is 561 g/mol. The number of hydrogen-bond acceptors (Lipinski definition) is 9. The highest BCUT2D eigenvalue weighted by molar-refractivity contribution is 5.98. The van der Waals surface area contributed by atoms with Crippen LogP contribution in [-0.4, -0.2) is 61.6 Å². The molecule has 1 fully saturated rings. The van der Waals surface area contributed by atoms with Gasteiger partial charge in [0.05, 0.1) is 13.2 Å². The Bertz CT molecular complexity index is 1140. The molecule has 218 valence electrons. The van der Waals surface area contributed by atoms with Crippen LogP contribution in [0.25, 0.3) is 0 Å². The maximum atomic E-state index is 13.5. The molecule has 2 heterocycles. The predicted molar refractivity (Wildman–Crippen MR) is 142 cm³/mol. The molecule has 4 atom stereocenters. The second-order valence-electron chi connectivity index (χ2n) is 9.61. The number of benzene rings is 1. The fourth-order valence-corrected chi connectivity index (χ4v) is 4.67. The molecule has 1 aromatic carbocycles. The number of rotatable bonds is 11. The summed E-state index contributed by atoms with van der Waals surface area (Å²) < 4.78 is 41.0. The van der Waals surface area contributed by atoms with Gasteiger partial charge in [-0.3, -0.25) is 9.59 Å². The molecule has 0 radical (unpaired) electrons. The van der Waals surface area contributed by atoms with Crippen LogP contribution in [0.5, 0.6) is 11.5 Å². The number of pyridine rings is 1. The lowest BCUT2D eigenvalue weighted by molar-refractivity contribution is -0.160. The number of amides is 1. The largest absolute Gasteiger partial charge is 0.493 e. The molecule has 0 unspecified atom stereocenters. The van der Waals surface area contributed by atoms with Crippen LogP contribution < -0.4 is 14.8 Å². The van der Waals surface area contributed by atoms with Crippen LogP contribution in [0.2, 0.25) is 0 Å². The van der Waals surface area contributed by atoms with Crippen molar-refractivity contribution in [3.63, 3.8) is 0 Å². The van der Waals surface area contributed by atoms with Gasteiger partial charge in [0.2, 0.25) is 6.79 Å². The molecule has 11 heteroatoms. The Hall–Kier alpha value is -3.73. The van der Waals surface area contributed by atoms with Crippen LogP contribution in [0.1, 0.15) is 62.5 Å². The maximum Gasteiger partial charge on any atom is 0.329 e. The molecular weight excluding hydrogens is 523 g/mol. The molecule has 1 amide bonds. The lowest BCUT2D eigenvalue weighted by Gasteiger charge is -2.31. The van der Waals surface area contributed by atoms with Gasteiger partial charge in [-0.15, -0.1) is 0 Å². The Labute approximate surface area is 233 Å². The summed E-state index contributed by atoms with van der Waals surface area (Å²) in [5.41, 5.74) is 0.829. The third-order valence-corrected chi connectivity index (χ3v) is 6.58. The summed E-state index contributed by atoms with van der Waals surface area (Å²) in [7, 11) is 1.39. The molecule has 1 aliphatic heterocycles. The Morgan fingerprint density at radius 3 is 2.60 bits per heavy atom. The standard InChI is InChI=1S/C29H37FN2O8/c1-5-15-37-26-18(2)40-29(35)23(8-6-7-21(26)16-20-9-11-22(30)12-10-20)32-28(34)25-27(39-17-38-19(3)33)24(36-4)13-14-31-25/h9-14,18,21,23,26H,5-8,15-17H2,1-4H3,(H,32,34)/t18-,21+,23-,26-/m0/s1. The second-order valence-corrected chi connectivity index (χ2v) is 9.61. The predicted octanol–water partition coefficient (Wildman–Crippen LogP) is 4.00. The number of nitrogens with zero attached hydrogens (tertiary/aromatic N) is 1. The van der Waals surface area contributed by atoms with E-state index in [1.807, 2.05) is 6.92 Å². The highest BCUT2D eigenvalue weighted by atomic mass is 19.1. The number of carbonyl (C=O) groups excluding carboxylic acids is 3. The molecule has 1 saturated heterocycles. The van der Waals surface area contributed by atoms with Gasteiger partial charge in [-0.05, 0) is 56.2 Å². The van der Waals surface area contributed by atoms with Crippen LogP contribution in [0.4, 0.5) is 4.39 Å². The lowest BCUT2D eigenvalue weighted by Crippen LogP contribution is -2.44. The fraction of sp³-hybridized carbons (Fsp3) is 0.517. The van der Waals surface area contributed by atoms with Crippen LogP contribution >= 0.6 is 0 Å². The molecule has 1 aliphatic rings. The second kappa shape index (κ2) is 15.2. The molecule has 0 spiro atoms. The number of cyclic esters (lactones) is 1. The van der Waals surface area contributed by atoms with Gasteiger partial charge >= 0.3 is 11.9 Å². The molecule has 1 aromatic heterocycles. The van der Waals surface area contributed by atoms with Gasteiger partial charge in [0.25, 0.3) is 5.91 Å². The number of carbonyl (C=O) groups is 3. The summed E-state index contributed by atoms with van der Waals surface area (Å²) >= 11 is 0. The average Bonchev–Trinajstić information content (AvgIpc) is 2.97. The van der Waals surface area contributed by atoms with Gasteiger partial charge in [0, 0.05) is 25.8 Å². The van der Waals surface area contributed by atoms with Crippen LogP contribution in [0, 0.1) is 11.7 Å². The number of methoxy groups -OCH3 is 1. The smallest absolute Gasteiger partial charge is 0.329 e. The van der Waals surface area contributed by atoms with E-state index >= 15 is 0 Å². The minimum atomic E-state index is -0.944. The van der Waals surface area contributed by atoms with Gasteiger partial charge in [-0.2, -0.15) is 0 Å². The van der Waals surface area contributed by atoms with Crippen molar-refractivity contribution >= 4 is 17.8 Å². The van der Waals surface area contributed by atoms with Crippen molar-refractivity contribution in [2.24, 2.45) is 5.92 Å². The minimum Gasteiger partial charge on any atom is -0.493 e. The Balaban J connectivity index is 1.78. The van der Waals surface area contributed by atoms with E-state index in [-0.39, 0.29) is 35.0 Å². The van der Waals surface area contributed by atoms with Crippen LogP contribution in [0.3, 0.4) is 0 Å². The number of hydrogen-bond donors (Lipinski definition) is 1. The molecule has 10 nitrogen and oxygen atoms in total. The van der Waals surface area contributed by atoms with Gasteiger partial charge in [-0.25, -0.2) is 14.2 Å². The van der Waals surface area contributed by atoms with Crippen molar-refractivity contribution in [2.45, 2.75) is 71.1 Å². The first-order valence-corrected chi connectivity index (χ1v) is 13.4. The van der Waals surface area contributed by atoms with Gasteiger partial charge in [0.15, 0.2) is 17.2 Å². The van der Waals surface area contributed by atoms with Gasteiger partial charge < -0.3 is 29.0 Å². The molecule has 40 heavy (non-hydrogen) atoms. The summed E-state index contributed by atoms with van der Waals surface area (Å²) in [4.78, 5) is 41.7. The molecule has 3 rings (SSSR count). The summed E-state index contributed by atoms with van der Waals surface area (Å²) in [5, 5.41) is 2.72. The Kier molecular flexibility index (Phi) is 11.7. The minimum absolute atomic E-state index is 0.00981. The van der Waals surface area contributed by atoms with E-state index in [0.29, 0.717) is 32.3 Å². The Morgan fingerprint density at radius 1 is 1.18 bits per heavy atom. The first-order chi connectivity index (χ1) is 19.2. The third kappa shape index (κ3) is 8.64. The van der Waals surface area contributed by atoms with E-state index in [1.165, 1.54) is 38.4 Å². The molecular formula is C29H37FN2O8. The van der Waals surface area contributed by atoms with E-state index in [1.54, 1.807) is 19.1 Å². The summed E-state index contributed by atoms with van der Waals surface area (Å²) in [6.45, 7) is 5.07. The maximum absolute atomic E-state index is 13.5. The SMILES string of the molecule is CCCO[C@@H]1[C@@H](Cc2ccc(F)cc2)CCC[C@H](NC(=O)c2nccc(OC)c2OCOC(C)=O)C(=O)O[C@H]1C. The number of nitrogens with one attached hydrogen (secondary N) is 1. The normalized spacial score (nSPS) is 21.3. The molecule has 1 N–H and O–H groups in total. The van der Waals surface area contributed by atoms with E-state index in [0.717, 1.165) is 12.0 Å². The summed E-state index contributed by atoms with van der Waals surface area (Å²) in [5.74, 6) is -1.93. The molecule has 2 aromatic rings. The zero-order valence-electron chi connectivity index (χ0n) is 23.3. The van der Waals surface area contributed by atoms with Crippen molar-refractivity contribution in [3.8, 4) is 11.5 Å². The number of esters is 2. The first-order valence-electron chi connectivity index (χ1n) is 13.4. The van der Waals surface area contributed by atoms with Crippen molar-refractivity contribution in [1.82, 2.24) is 10.3 Å². The van der Waals surface area contributed by atoms with E-state index in [9.17, 15) is 18.8 Å². The number of ether oxygens (including phenoxy) is 5. The number of aromatic nitrogens is 1. The highest BCUT2D eigenvalue weighted by Gasteiger charge is 2.35. The van der Waals surface area contributed by atoms with Crippen molar-refractivity contribution in [3.05, 3.63) is 53.6 Å². The quantitative estimate of drug-likeness (QED) is 0.321. The third-order valence-electron chi connectivity index (χ3n) is 6.58. The van der Waals surface area contributed by atoms with Gasteiger partial charge in [0.1, 0.15) is 18.0 Å². The summed E-state index contributed by atoms with van der Waals surface area (Å²) in [6.07, 6.45) is 3.47. The van der Waals surface area contributed by atoms with Gasteiger partial charge in [-0.1, -0.05) is 25.5 Å². The first kappa shape index (κ1) is 30.8. The van der Waals surface area contributed by atoms with E-state index in [2.05, 4.69) is 10.3 Å². The van der Waals surface area contributed by atoms with Crippen LogP contribution in [0.15, 0.2) is 36.5 Å². The zero-order valence-corrected chi connectivity index (χ0v) is 23.3. The Morgan fingerprint density at radius 2 is 1.93 bits per heavy atom. The topological polar surface area (TPSA) is 122 Å². The summed E-state index contributed by atoms with van der Waals surface area (Å²) in [6, 6.07) is 6.91. The molecule has 0 saturated carbocycles. The fourth-order valence-electron chi connectivity index (χ4n) is 4.67. The van der Waals surface area contributed by atoms with Crippen molar-refractivity contribution < 1.29 is 42.5 Å². The zero-order chi connectivity index (χ0) is 29.1. The highest BCUT2D eigenvalue weighted by Crippen LogP contribution is 2.31. The molecule has 0 bridgehead atoms. The van der Waals surface area contributed by atoms with Crippen LogP contribution in [-0.2, 0) is 30.2 Å². The van der Waals surface area contributed by atoms with E-state index in [4.69, 9.17) is 23.7 Å². The van der Waals surface area contributed by atoms with E-state index < -0.39 is 36.8 Å². The number of halogens is 1. The van der Waals surface area contributed by atoms with Crippen molar-refractivity contribution in [1.29, 1.82) is 0 Å². The molecule has 0 aliphatic carbocycles. The lowest BCUT2D eigenvalue weighted by atomic mass is 9.87. The monoisotopic (exact) mass is 560 g/mol. The van der Waals surface area contributed by atoms with Crippen molar-refractivity contribution in [2.75, 3.05) is 20.5 Å².